The molecule has 0 aliphatic carbocycles. The number of rotatable bonds is 2. The lowest BCUT2D eigenvalue weighted by Crippen LogP contribution is -2.37. The lowest BCUT2D eigenvalue weighted by Gasteiger charge is -2.38. The summed E-state index contributed by atoms with van der Waals surface area (Å²) in [6.07, 6.45) is 2.53. The molecular formula is C15H24ClN3. The molecule has 106 valence electrons. The standard InChI is InChI=1S/C15H24ClN3/c1-11-9-13(16)18-14(17-11)10-19-7-5-12(6-8-19)15(2,3)4/h9,12H,5-8,10H2,1-4H3. The van der Waals surface area contributed by atoms with Crippen LogP contribution < -0.4 is 0 Å². The number of aromatic nitrogens is 2. The molecule has 1 aromatic rings. The van der Waals surface area contributed by atoms with E-state index >= 15 is 0 Å². The average molecular weight is 282 g/mol. The zero-order chi connectivity index (χ0) is 14.0. The van der Waals surface area contributed by atoms with Gasteiger partial charge in [0.05, 0.1) is 6.54 Å². The maximum absolute atomic E-state index is 5.98. The van der Waals surface area contributed by atoms with Gasteiger partial charge in [-0.15, -0.1) is 0 Å². The van der Waals surface area contributed by atoms with Crippen molar-refractivity contribution in [3.8, 4) is 0 Å². The molecule has 1 aliphatic heterocycles. The number of hydrogen-bond donors (Lipinski definition) is 0. The fourth-order valence-electron chi connectivity index (χ4n) is 2.82. The van der Waals surface area contributed by atoms with Crippen molar-refractivity contribution >= 4 is 11.6 Å². The Hall–Kier alpha value is -0.670. The molecule has 0 saturated carbocycles. The first-order chi connectivity index (χ1) is 8.84. The molecule has 0 amide bonds. The second kappa shape index (κ2) is 5.76. The van der Waals surface area contributed by atoms with E-state index < -0.39 is 0 Å². The summed E-state index contributed by atoms with van der Waals surface area (Å²) in [5.74, 6) is 1.67. The first-order valence-electron chi connectivity index (χ1n) is 7.07. The van der Waals surface area contributed by atoms with Gasteiger partial charge in [-0.2, -0.15) is 0 Å². The monoisotopic (exact) mass is 281 g/mol. The third kappa shape index (κ3) is 4.15. The fraction of sp³-hybridized carbons (Fsp3) is 0.733. The molecule has 4 heteroatoms. The Morgan fingerprint density at radius 3 is 2.42 bits per heavy atom. The summed E-state index contributed by atoms with van der Waals surface area (Å²) < 4.78 is 0. The first-order valence-corrected chi connectivity index (χ1v) is 7.45. The summed E-state index contributed by atoms with van der Waals surface area (Å²) in [6.45, 7) is 12.1. The zero-order valence-electron chi connectivity index (χ0n) is 12.4. The normalized spacial score (nSPS) is 18.8. The molecule has 1 saturated heterocycles. The Morgan fingerprint density at radius 2 is 1.89 bits per heavy atom. The fourth-order valence-corrected chi connectivity index (χ4v) is 3.07. The van der Waals surface area contributed by atoms with E-state index in [1.54, 1.807) is 6.07 Å². The number of likely N-dealkylation sites (tertiary alicyclic amines) is 1. The van der Waals surface area contributed by atoms with Crippen molar-refractivity contribution in [1.29, 1.82) is 0 Å². The third-order valence-corrected chi connectivity index (χ3v) is 4.24. The number of nitrogens with zero attached hydrogens (tertiary/aromatic N) is 3. The van der Waals surface area contributed by atoms with Gasteiger partial charge in [0, 0.05) is 5.69 Å². The van der Waals surface area contributed by atoms with E-state index in [1.807, 2.05) is 6.92 Å². The quantitative estimate of drug-likeness (QED) is 0.774. The largest absolute Gasteiger partial charge is 0.296 e. The van der Waals surface area contributed by atoms with Gasteiger partial charge in [0.2, 0.25) is 0 Å². The Kier molecular flexibility index (Phi) is 4.46. The second-order valence-electron chi connectivity index (χ2n) is 6.66. The maximum Gasteiger partial charge on any atom is 0.144 e. The molecule has 3 nitrogen and oxygen atoms in total. The predicted octanol–water partition coefficient (Wildman–Crippen LogP) is 3.70. The Balaban J connectivity index is 1.92. The van der Waals surface area contributed by atoms with Gasteiger partial charge in [0.1, 0.15) is 11.0 Å². The van der Waals surface area contributed by atoms with Gasteiger partial charge in [-0.25, -0.2) is 9.97 Å². The summed E-state index contributed by atoms with van der Waals surface area (Å²) in [6, 6.07) is 1.80. The average Bonchev–Trinajstić information content (AvgIpc) is 2.26. The van der Waals surface area contributed by atoms with Crippen LogP contribution in [0.15, 0.2) is 6.07 Å². The number of piperidine rings is 1. The highest BCUT2D eigenvalue weighted by molar-refractivity contribution is 6.29. The van der Waals surface area contributed by atoms with Gasteiger partial charge in [-0.3, -0.25) is 4.90 Å². The van der Waals surface area contributed by atoms with E-state index in [0.717, 1.165) is 37.1 Å². The molecule has 0 atom stereocenters. The number of hydrogen-bond acceptors (Lipinski definition) is 3. The van der Waals surface area contributed by atoms with Crippen LogP contribution in [0.25, 0.3) is 0 Å². The van der Waals surface area contributed by atoms with Crippen molar-refractivity contribution in [2.45, 2.75) is 47.1 Å². The molecule has 0 spiro atoms. The van der Waals surface area contributed by atoms with E-state index in [-0.39, 0.29) is 0 Å². The Morgan fingerprint density at radius 1 is 1.26 bits per heavy atom. The molecule has 0 bridgehead atoms. The van der Waals surface area contributed by atoms with Gasteiger partial charge in [0.25, 0.3) is 0 Å². The minimum absolute atomic E-state index is 0.426. The van der Waals surface area contributed by atoms with Crippen molar-refractivity contribution in [1.82, 2.24) is 14.9 Å². The molecular weight excluding hydrogens is 258 g/mol. The van der Waals surface area contributed by atoms with E-state index in [9.17, 15) is 0 Å². The van der Waals surface area contributed by atoms with Gasteiger partial charge in [0.15, 0.2) is 0 Å². The lowest BCUT2D eigenvalue weighted by atomic mass is 9.75. The highest BCUT2D eigenvalue weighted by atomic mass is 35.5. The van der Waals surface area contributed by atoms with Gasteiger partial charge < -0.3 is 0 Å². The summed E-state index contributed by atoms with van der Waals surface area (Å²) in [4.78, 5) is 11.2. The summed E-state index contributed by atoms with van der Waals surface area (Å²) in [7, 11) is 0. The van der Waals surface area contributed by atoms with E-state index in [1.165, 1.54) is 12.8 Å². The van der Waals surface area contributed by atoms with Crippen molar-refractivity contribution < 1.29 is 0 Å². The van der Waals surface area contributed by atoms with Crippen LogP contribution in [0.3, 0.4) is 0 Å². The number of aryl methyl sites for hydroxylation is 1. The topological polar surface area (TPSA) is 29.0 Å². The molecule has 2 heterocycles. The van der Waals surface area contributed by atoms with Crippen LogP contribution >= 0.6 is 11.6 Å². The molecule has 1 aromatic heterocycles. The van der Waals surface area contributed by atoms with E-state index in [2.05, 4.69) is 35.6 Å². The first kappa shape index (κ1) is 14.7. The summed E-state index contributed by atoms with van der Waals surface area (Å²) >= 11 is 5.98. The molecule has 1 fully saturated rings. The smallest absolute Gasteiger partial charge is 0.144 e. The molecule has 1 aliphatic rings. The van der Waals surface area contributed by atoms with Crippen LogP contribution in [0.5, 0.6) is 0 Å². The predicted molar refractivity (Wildman–Crippen MR) is 79.2 cm³/mol. The molecule has 0 unspecified atom stereocenters. The van der Waals surface area contributed by atoms with Gasteiger partial charge in [-0.1, -0.05) is 32.4 Å². The third-order valence-electron chi connectivity index (χ3n) is 4.05. The molecule has 0 aromatic carbocycles. The number of halogens is 1. The summed E-state index contributed by atoms with van der Waals surface area (Å²) in [5, 5.41) is 0.548. The zero-order valence-corrected chi connectivity index (χ0v) is 13.2. The van der Waals surface area contributed by atoms with Crippen LogP contribution in [0, 0.1) is 18.3 Å². The van der Waals surface area contributed by atoms with E-state index in [0.29, 0.717) is 10.6 Å². The molecule has 0 N–H and O–H groups in total. The van der Waals surface area contributed by atoms with Crippen molar-refractivity contribution in [3.05, 3.63) is 22.7 Å². The lowest BCUT2D eigenvalue weighted by molar-refractivity contribution is 0.106. The molecule has 19 heavy (non-hydrogen) atoms. The Labute approximate surface area is 121 Å². The SMILES string of the molecule is Cc1cc(Cl)nc(CN2CCC(C(C)(C)C)CC2)n1. The highest BCUT2D eigenvalue weighted by Gasteiger charge is 2.28. The van der Waals surface area contributed by atoms with Crippen LogP contribution in [0.2, 0.25) is 5.15 Å². The van der Waals surface area contributed by atoms with Crippen LogP contribution in [0.1, 0.15) is 45.1 Å². The van der Waals surface area contributed by atoms with Crippen molar-refractivity contribution in [3.63, 3.8) is 0 Å². The minimum atomic E-state index is 0.426. The van der Waals surface area contributed by atoms with Crippen LogP contribution in [-0.4, -0.2) is 28.0 Å². The highest BCUT2D eigenvalue weighted by Crippen LogP contribution is 2.34. The van der Waals surface area contributed by atoms with Crippen molar-refractivity contribution in [2.24, 2.45) is 11.3 Å². The maximum atomic E-state index is 5.98. The van der Waals surface area contributed by atoms with Gasteiger partial charge in [-0.05, 0) is 50.3 Å². The van der Waals surface area contributed by atoms with Crippen LogP contribution in [-0.2, 0) is 6.54 Å². The van der Waals surface area contributed by atoms with Crippen LogP contribution in [0.4, 0.5) is 0 Å². The van der Waals surface area contributed by atoms with Crippen molar-refractivity contribution in [2.75, 3.05) is 13.1 Å². The van der Waals surface area contributed by atoms with E-state index in [4.69, 9.17) is 11.6 Å². The second-order valence-corrected chi connectivity index (χ2v) is 7.05. The van der Waals surface area contributed by atoms with Gasteiger partial charge >= 0.3 is 0 Å². The molecule has 0 radical (unpaired) electrons. The minimum Gasteiger partial charge on any atom is -0.296 e. The Bertz CT molecular complexity index is 411. The molecule has 2 rings (SSSR count). The summed E-state index contributed by atoms with van der Waals surface area (Å²) in [5.41, 5.74) is 1.37.